The van der Waals surface area contributed by atoms with E-state index in [2.05, 4.69) is 16.2 Å². The van der Waals surface area contributed by atoms with Crippen LogP contribution in [0, 0.1) is 6.92 Å². The van der Waals surface area contributed by atoms with Gasteiger partial charge in [-0.15, -0.1) is 11.8 Å². The summed E-state index contributed by atoms with van der Waals surface area (Å²) in [5.41, 5.74) is 2.02. The quantitative estimate of drug-likeness (QED) is 0.217. The number of hydrazone groups is 1. The van der Waals surface area contributed by atoms with Crippen molar-refractivity contribution >= 4 is 50.6 Å². The Kier molecular flexibility index (Phi) is 6.07. The zero-order valence-corrected chi connectivity index (χ0v) is 17.5. The van der Waals surface area contributed by atoms with Gasteiger partial charge < -0.3 is 4.42 Å². The average Bonchev–Trinajstić information content (AvgIpc) is 3.38. The average molecular weight is 422 g/mol. The van der Waals surface area contributed by atoms with Crippen LogP contribution in [0.15, 0.2) is 81.3 Å². The minimum Gasteiger partial charge on any atom is -0.463 e. The number of thiazole rings is 1. The Labute approximate surface area is 177 Å². The lowest BCUT2D eigenvalue weighted by molar-refractivity contribution is -0.118. The van der Waals surface area contributed by atoms with Gasteiger partial charge in [0.1, 0.15) is 5.76 Å². The number of aromatic nitrogens is 1. The number of thioether (sulfide) groups is 1. The number of rotatable bonds is 7. The third-order valence-corrected chi connectivity index (χ3v) is 6.13. The van der Waals surface area contributed by atoms with Gasteiger partial charge >= 0.3 is 0 Å². The van der Waals surface area contributed by atoms with Crippen molar-refractivity contribution in [1.82, 2.24) is 4.98 Å². The Morgan fingerprint density at radius 1 is 1.21 bits per heavy atom. The van der Waals surface area contributed by atoms with Gasteiger partial charge in [0.25, 0.3) is 0 Å². The van der Waals surface area contributed by atoms with Crippen molar-refractivity contribution in [3.05, 3.63) is 78.3 Å². The maximum Gasteiger partial charge on any atom is 0.250 e. The van der Waals surface area contributed by atoms with E-state index in [0.717, 1.165) is 20.7 Å². The fraction of sp³-hybridized carbons (Fsp3) is 0.136. The van der Waals surface area contributed by atoms with Gasteiger partial charge in [0, 0.05) is 17.1 Å². The number of nitrogens with zero attached hydrogens (tertiary/aromatic N) is 3. The Morgan fingerprint density at radius 2 is 2.07 bits per heavy atom. The van der Waals surface area contributed by atoms with Gasteiger partial charge in [-0.3, -0.25) is 4.79 Å². The van der Waals surface area contributed by atoms with Crippen LogP contribution in [0.3, 0.4) is 0 Å². The Bertz CT molecular complexity index is 1120. The first-order valence-corrected chi connectivity index (χ1v) is 10.9. The monoisotopic (exact) mass is 421 g/mol. The molecule has 2 aromatic carbocycles. The first kappa shape index (κ1) is 19.4. The van der Waals surface area contributed by atoms with Crippen molar-refractivity contribution in [2.24, 2.45) is 5.10 Å². The number of anilines is 1. The number of aryl methyl sites for hydroxylation is 1. The summed E-state index contributed by atoms with van der Waals surface area (Å²) in [6, 6.07) is 19.7. The van der Waals surface area contributed by atoms with E-state index in [0.29, 0.717) is 23.1 Å². The number of carbonyl (C=O) groups excluding carboxylic acids is 1. The Balaban J connectivity index is 1.54. The molecule has 0 spiro atoms. The van der Waals surface area contributed by atoms with E-state index in [9.17, 15) is 4.79 Å². The SMILES string of the molecule is Cc1ccc2nc(N(/N=C/c3ccco3)C(=O)CCSc3ccccc3)sc2c1. The van der Waals surface area contributed by atoms with Gasteiger partial charge in [0.2, 0.25) is 11.0 Å². The molecule has 5 nitrogen and oxygen atoms in total. The summed E-state index contributed by atoms with van der Waals surface area (Å²) in [7, 11) is 0. The standard InChI is InChI=1S/C22H19N3O2S2/c1-16-9-10-19-20(14-16)29-22(24-19)25(23-15-17-6-5-12-27-17)21(26)11-13-28-18-7-3-2-4-8-18/h2-10,12,14-15H,11,13H2,1H3/b23-15+. The van der Waals surface area contributed by atoms with Crippen molar-refractivity contribution in [3.8, 4) is 0 Å². The van der Waals surface area contributed by atoms with E-state index in [-0.39, 0.29) is 5.91 Å². The second-order valence-electron chi connectivity index (χ2n) is 6.34. The Morgan fingerprint density at radius 3 is 2.86 bits per heavy atom. The summed E-state index contributed by atoms with van der Waals surface area (Å²) >= 11 is 3.11. The lowest BCUT2D eigenvalue weighted by Crippen LogP contribution is -2.25. The molecule has 0 saturated heterocycles. The molecule has 0 radical (unpaired) electrons. The molecule has 0 aliphatic rings. The molecule has 0 atom stereocenters. The summed E-state index contributed by atoms with van der Waals surface area (Å²) < 4.78 is 6.34. The second kappa shape index (κ2) is 9.07. The number of hydrogen-bond donors (Lipinski definition) is 0. The van der Waals surface area contributed by atoms with E-state index >= 15 is 0 Å². The van der Waals surface area contributed by atoms with Crippen molar-refractivity contribution in [1.29, 1.82) is 0 Å². The number of hydrogen-bond acceptors (Lipinski definition) is 6. The molecule has 0 fully saturated rings. The van der Waals surface area contributed by atoms with E-state index in [4.69, 9.17) is 4.42 Å². The summed E-state index contributed by atoms with van der Waals surface area (Å²) in [5.74, 6) is 1.14. The molecule has 0 aliphatic carbocycles. The molecule has 0 saturated carbocycles. The van der Waals surface area contributed by atoms with E-state index in [1.807, 2.05) is 49.4 Å². The number of furan rings is 1. The second-order valence-corrected chi connectivity index (χ2v) is 8.52. The predicted octanol–water partition coefficient (Wildman–Crippen LogP) is 5.75. The molecule has 2 aromatic heterocycles. The van der Waals surface area contributed by atoms with Gasteiger partial charge in [-0.25, -0.2) is 4.98 Å². The molecule has 146 valence electrons. The molecule has 2 heterocycles. The van der Waals surface area contributed by atoms with Gasteiger partial charge in [0.15, 0.2) is 0 Å². The molecule has 0 bridgehead atoms. The van der Waals surface area contributed by atoms with Crippen LogP contribution in [-0.4, -0.2) is 22.9 Å². The third-order valence-electron chi connectivity index (χ3n) is 4.12. The van der Waals surface area contributed by atoms with Crippen molar-refractivity contribution in [2.45, 2.75) is 18.2 Å². The van der Waals surface area contributed by atoms with Crippen molar-refractivity contribution in [3.63, 3.8) is 0 Å². The van der Waals surface area contributed by atoms with Crippen LogP contribution in [-0.2, 0) is 4.79 Å². The molecule has 7 heteroatoms. The highest BCUT2D eigenvalue weighted by Crippen LogP contribution is 2.30. The van der Waals surface area contributed by atoms with Crippen LogP contribution in [0.4, 0.5) is 5.13 Å². The Hall–Kier alpha value is -2.90. The van der Waals surface area contributed by atoms with Crippen LogP contribution in [0.1, 0.15) is 17.7 Å². The van der Waals surface area contributed by atoms with Crippen LogP contribution >= 0.6 is 23.1 Å². The number of amides is 1. The molecule has 4 rings (SSSR count). The van der Waals surface area contributed by atoms with Gasteiger partial charge in [-0.1, -0.05) is 35.6 Å². The van der Waals surface area contributed by atoms with Crippen LogP contribution in [0.5, 0.6) is 0 Å². The van der Waals surface area contributed by atoms with Crippen LogP contribution < -0.4 is 5.01 Å². The van der Waals surface area contributed by atoms with Crippen LogP contribution in [0.25, 0.3) is 10.2 Å². The highest BCUT2D eigenvalue weighted by Gasteiger charge is 2.19. The molecule has 0 aliphatic heterocycles. The maximum atomic E-state index is 13.0. The fourth-order valence-corrected chi connectivity index (χ4v) is 4.59. The van der Waals surface area contributed by atoms with E-state index in [1.54, 1.807) is 36.4 Å². The molecular weight excluding hydrogens is 402 g/mol. The number of fused-ring (bicyclic) bond motifs is 1. The van der Waals surface area contributed by atoms with Crippen molar-refractivity contribution in [2.75, 3.05) is 10.8 Å². The molecule has 0 N–H and O–H groups in total. The predicted molar refractivity (Wildman–Crippen MR) is 120 cm³/mol. The van der Waals surface area contributed by atoms with E-state index < -0.39 is 0 Å². The fourth-order valence-electron chi connectivity index (χ4n) is 2.69. The lowest BCUT2D eigenvalue weighted by atomic mass is 10.2. The zero-order valence-electron chi connectivity index (χ0n) is 15.8. The molecular formula is C22H19N3O2S2. The molecule has 29 heavy (non-hydrogen) atoms. The third kappa shape index (κ3) is 4.93. The molecule has 0 unspecified atom stereocenters. The van der Waals surface area contributed by atoms with E-state index in [1.165, 1.54) is 16.3 Å². The first-order chi connectivity index (χ1) is 14.2. The smallest absolute Gasteiger partial charge is 0.250 e. The highest BCUT2D eigenvalue weighted by atomic mass is 32.2. The minimum atomic E-state index is -0.105. The van der Waals surface area contributed by atoms with Gasteiger partial charge in [-0.05, 0) is 48.9 Å². The topological polar surface area (TPSA) is 58.7 Å². The van der Waals surface area contributed by atoms with Crippen molar-refractivity contribution < 1.29 is 9.21 Å². The maximum absolute atomic E-state index is 13.0. The summed E-state index contributed by atoms with van der Waals surface area (Å²) in [4.78, 5) is 18.7. The molecule has 1 amide bonds. The minimum absolute atomic E-state index is 0.105. The number of benzene rings is 2. The summed E-state index contributed by atoms with van der Waals surface area (Å²) in [5, 5.41) is 6.32. The zero-order chi connectivity index (χ0) is 20.1. The lowest BCUT2D eigenvalue weighted by Gasteiger charge is -2.13. The van der Waals surface area contributed by atoms with Gasteiger partial charge in [0.05, 0.1) is 22.7 Å². The van der Waals surface area contributed by atoms with Gasteiger partial charge in [-0.2, -0.15) is 10.1 Å². The summed E-state index contributed by atoms with van der Waals surface area (Å²) in [6.07, 6.45) is 3.47. The normalized spacial score (nSPS) is 11.3. The molecule has 4 aromatic rings. The number of carbonyl (C=O) groups is 1. The van der Waals surface area contributed by atoms with Crippen LogP contribution in [0.2, 0.25) is 0 Å². The highest BCUT2D eigenvalue weighted by molar-refractivity contribution is 7.99. The summed E-state index contributed by atoms with van der Waals surface area (Å²) in [6.45, 7) is 2.04. The largest absolute Gasteiger partial charge is 0.463 e. The first-order valence-electron chi connectivity index (χ1n) is 9.14.